The fraction of sp³-hybridized carbons (Fsp3) is 0.125. The molecule has 0 aliphatic heterocycles. The summed E-state index contributed by atoms with van der Waals surface area (Å²) in [4.78, 5) is 16.1. The van der Waals surface area contributed by atoms with Gasteiger partial charge in [0.2, 0.25) is 0 Å². The molecule has 4 aromatic carbocycles. The molecule has 40 heavy (non-hydrogen) atoms. The van der Waals surface area contributed by atoms with Crippen LogP contribution in [0.4, 0.5) is 18.9 Å². The van der Waals surface area contributed by atoms with E-state index in [0.717, 1.165) is 28.3 Å². The maximum Gasteiger partial charge on any atom is 0.418 e. The first-order chi connectivity index (χ1) is 19.3. The number of hydrogen-bond donors (Lipinski definition) is 2. The molecule has 0 atom stereocenters. The first-order valence-electron chi connectivity index (χ1n) is 12.5. The highest BCUT2D eigenvalue weighted by Crippen LogP contribution is 2.39. The van der Waals surface area contributed by atoms with Crippen LogP contribution in [0.3, 0.4) is 0 Å². The van der Waals surface area contributed by atoms with Crippen molar-refractivity contribution in [1.29, 1.82) is 0 Å². The smallest absolute Gasteiger partial charge is 0.418 e. The number of halogens is 3. The van der Waals surface area contributed by atoms with E-state index in [1.165, 1.54) is 19.4 Å². The van der Waals surface area contributed by atoms with Crippen LogP contribution in [-0.4, -0.2) is 23.2 Å². The molecular weight excluding hydrogens is 517 g/mol. The Bertz CT molecular complexity index is 1690. The number of fused-ring (bicyclic) bond motifs is 1. The van der Waals surface area contributed by atoms with Crippen molar-refractivity contribution in [3.8, 4) is 16.9 Å². The van der Waals surface area contributed by atoms with Crippen molar-refractivity contribution < 1.29 is 27.8 Å². The third kappa shape index (κ3) is 5.47. The summed E-state index contributed by atoms with van der Waals surface area (Å²) in [6.07, 6.45) is -2.53. The number of benzene rings is 4. The number of nitrogens with zero attached hydrogens (tertiary/aromatic N) is 1. The third-order valence-corrected chi connectivity index (χ3v) is 6.68. The van der Waals surface area contributed by atoms with E-state index in [2.05, 4.69) is 10.3 Å². The zero-order valence-corrected chi connectivity index (χ0v) is 21.5. The van der Waals surface area contributed by atoms with Gasteiger partial charge in [0, 0.05) is 18.1 Å². The standard InChI is InChI=1S/C32H25F3N2O3/c1-40-27-15-7-14-26(29(27)31(38)39)36-18-21-10-5-11-22(17-21)28-23(16-20-8-3-2-4-9-20)19-37-30-24(28)12-6-13-25(30)32(33,34)35/h2-15,17,19,36H,16,18H2,1H3,(H,38,39). The lowest BCUT2D eigenvalue weighted by molar-refractivity contribution is -0.136. The molecule has 0 spiro atoms. The average molecular weight is 543 g/mol. The molecule has 0 amide bonds. The van der Waals surface area contributed by atoms with Crippen LogP contribution in [0, 0.1) is 0 Å². The van der Waals surface area contributed by atoms with E-state index < -0.39 is 17.7 Å². The van der Waals surface area contributed by atoms with E-state index in [1.54, 1.807) is 24.3 Å². The maximum atomic E-state index is 13.9. The highest BCUT2D eigenvalue weighted by Gasteiger charge is 2.33. The highest BCUT2D eigenvalue weighted by molar-refractivity contribution is 5.98. The van der Waals surface area contributed by atoms with Crippen LogP contribution in [0.5, 0.6) is 5.75 Å². The van der Waals surface area contributed by atoms with Gasteiger partial charge in [0.1, 0.15) is 11.3 Å². The van der Waals surface area contributed by atoms with Gasteiger partial charge in [-0.1, -0.05) is 66.7 Å². The summed E-state index contributed by atoms with van der Waals surface area (Å²) in [5.74, 6) is -0.886. The molecule has 8 heteroatoms. The Morgan fingerprint density at radius 1 is 0.925 bits per heavy atom. The zero-order chi connectivity index (χ0) is 28.3. The lowest BCUT2D eigenvalue weighted by atomic mass is 9.91. The van der Waals surface area contributed by atoms with Gasteiger partial charge < -0.3 is 15.2 Å². The van der Waals surface area contributed by atoms with Crippen LogP contribution in [0.15, 0.2) is 97.2 Å². The lowest BCUT2D eigenvalue weighted by Crippen LogP contribution is -2.08. The van der Waals surface area contributed by atoms with Gasteiger partial charge in [0.05, 0.1) is 23.9 Å². The van der Waals surface area contributed by atoms with Crippen molar-refractivity contribution in [2.75, 3.05) is 12.4 Å². The molecule has 2 N–H and O–H groups in total. The van der Waals surface area contributed by atoms with Crippen LogP contribution in [0.2, 0.25) is 0 Å². The predicted molar refractivity (Wildman–Crippen MR) is 149 cm³/mol. The summed E-state index contributed by atoms with van der Waals surface area (Å²) in [5.41, 5.74) is 3.56. The molecule has 0 aliphatic carbocycles. The lowest BCUT2D eigenvalue weighted by Gasteiger charge is -2.17. The number of carboxylic acid groups (broad SMARTS) is 1. The molecule has 1 heterocycles. The number of rotatable bonds is 8. The summed E-state index contributed by atoms with van der Waals surface area (Å²) < 4.78 is 46.8. The van der Waals surface area contributed by atoms with Crippen LogP contribution in [0.25, 0.3) is 22.0 Å². The van der Waals surface area contributed by atoms with Crippen molar-refractivity contribution in [2.45, 2.75) is 19.1 Å². The molecule has 0 saturated heterocycles. The minimum absolute atomic E-state index is 0.0195. The Labute approximate surface area is 228 Å². The van der Waals surface area contributed by atoms with Gasteiger partial charge in [0.25, 0.3) is 0 Å². The van der Waals surface area contributed by atoms with Gasteiger partial charge in [0.15, 0.2) is 0 Å². The number of aromatic nitrogens is 1. The third-order valence-electron chi connectivity index (χ3n) is 6.68. The average Bonchev–Trinajstić information content (AvgIpc) is 2.95. The van der Waals surface area contributed by atoms with Crippen molar-refractivity contribution in [1.82, 2.24) is 4.98 Å². The molecule has 5 aromatic rings. The van der Waals surface area contributed by atoms with Crippen LogP contribution in [0.1, 0.15) is 32.6 Å². The first-order valence-corrected chi connectivity index (χ1v) is 12.5. The van der Waals surface area contributed by atoms with E-state index in [-0.39, 0.29) is 23.4 Å². The quantitative estimate of drug-likeness (QED) is 0.209. The number of carbonyl (C=O) groups is 1. The van der Waals surface area contributed by atoms with E-state index in [4.69, 9.17) is 4.74 Å². The van der Waals surface area contributed by atoms with E-state index in [0.29, 0.717) is 23.1 Å². The zero-order valence-electron chi connectivity index (χ0n) is 21.5. The topological polar surface area (TPSA) is 71.5 Å². The predicted octanol–water partition coefficient (Wildman–Crippen LogP) is 7.83. The van der Waals surface area contributed by atoms with Crippen molar-refractivity contribution in [2.24, 2.45) is 0 Å². The fourth-order valence-corrected chi connectivity index (χ4v) is 4.89. The van der Waals surface area contributed by atoms with Gasteiger partial charge in [-0.3, -0.25) is 4.98 Å². The number of aromatic carboxylic acids is 1. The largest absolute Gasteiger partial charge is 0.496 e. The molecule has 0 radical (unpaired) electrons. The summed E-state index contributed by atoms with van der Waals surface area (Å²) in [6.45, 7) is 0.284. The van der Waals surface area contributed by atoms with Crippen LogP contribution < -0.4 is 10.1 Å². The van der Waals surface area contributed by atoms with Gasteiger partial charge in [-0.25, -0.2) is 4.79 Å². The Balaban J connectivity index is 1.59. The summed E-state index contributed by atoms with van der Waals surface area (Å²) >= 11 is 0. The Morgan fingerprint density at radius 3 is 2.38 bits per heavy atom. The second kappa shape index (κ2) is 11.1. The number of methoxy groups -OCH3 is 1. The van der Waals surface area contributed by atoms with Crippen molar-refractivity contribution in [3.63, 3.8) is 0 Å². The number of nitrogens with one attached hydrogen (secondary N) is 1. The van der Waals surface area contributed by atoms with Gasteiger partial charge >= 0.3 is 12.1 Å². The highest BCUT2D eigenvalue weighted by atomic mass is 19.4. The van der Waals surface area contributed by atoms with Crippen molar-refractivity contribution >= 4 is 22.6 Å². The number of hydrogen-bond acceptors (Lipinski definition) is 4. The molecule has 0 aliphatic rings. The summed E-state index contributed by atoms with van der Waals surface area (Å²) in [5, 5.41) is 13.3. The number of carboxylic acids is 1. The second-order valence-electron chi connectivity index (χ2n) is 9.26. The minimum Gasteiger partial charge on any atom is -0.496 e. The first kappa shape index (κ1) is 26.7. The molecule has 202 valence electrons. The molecule has 5 nitrogen and oxygen atoms in total. The SMILES string of the molecule is COc1cccc(NCc2cccc(-c3c(Cc4ccccc4)cnc4c(C(F)(F)F)cccc34)c2)c1C(=O)O. The molecule has 0 saturated carbocycles. The number of alkyl halides is 3. The Hall–Kier alpha value is -4.85. The van der Waals surface area contributed by atoms with E-state index in [9.17, 15) is 23.1 Å². The molecule has 0 bridgehead atoms. The van der Waals surface area contributed by atoms with Crippen LogP contribution in [-0.2, 0) is 19.1 Å². The normalized spacial score (nSPS) is 11.4. The van der Waals surface area contributed by atoms with E-state index in [1.807, 2.05) is 54.6 Å². The molecule has 5 rings (SSSR count). The molecular formula is C32H25F3N2O3. The molecule has 0 unspecified atom stereocenters. The number of anilines is 1. The van der Waals surface area contributed by atoms with Gasteiger partial charge in [-0.05, 0) is 58.5 Å². The number of ether oxygens (including phenoxy) is 1. The molecule has 0 fully saturated rings. The monoisotopic (exact) mass is 542 g/mol. The second-order valence-corrected chi connectivity index (χ2v) is 9.26. The van der Waals surface area contributed by atoms with Crippen LogP contribution >= 0.6 is 0 Å². The van der Waals surface area contributed by atoms with Gasteiger partial charge in [-0.15, -0.1) is 0 Å². The Morgan fingerprint density at radius 2 is 1.65 bits per heavy atom. The van der Waals surface area contributed by atoms with Gasteiger partial charge in [-0.2, -0.15) is 13.2 Å². The molecule has 1 aromatic heterocycles. The minimum atomic E-state index is -4.55. The maximum absolute atomic E-state index is 13.9. The Kier molecular flexibility index (Phi) is 7.42. The van der Waals surface area contributed by atoms with E-state index >= 15 is 0 Å². The number of para-hydroxylation sites is 1. The summed E-state index contributed by atoms with van der Waals surface area (Å²) in [6, 6.07) is 26.2. The number of pyridine rings is 1. The summed E-state index contributed by atoms with van der Waals surface area (Å²) in [7, 11) is 1.41. The van der Waals surface area contributed by atoms with Crippen molar-refractivity contribution in [3.05, 3.63) is 125 Å². The fourth-order valence-electron chi connectivity index (χ4n) is 4.89.